The Balaban J connectivity index is 2.21. The van der Waals surface area contributed by atoms with Crippen molar-refractivity contribution < 1.29 is 29.2 Å². The van der Waals surface area contributed by atoms with Crippen molar-refractivity contribution in [3.63, 3.8) is 0 Å². The number of aliphatic hydroxyl groups is 2. The average Bonchev–Trinajstić information content (AvgIpc) is 2.78. The van der Waals surface area contributed by atoms with Gasteiger partial charge >= 0.3 is 5.97 Å². The summed E-state index contributed by atoms with van der Waals surface area (Å²) >= 11 is 0. The van der Waals surface area contributed by atoms with E-state index in [2.05, 4.69) is 0 Å². The van der Waals surface area contributed by atoms with Crippen molar-refractivity contribution >= 4 is 5.97 Å². The minimum atomic E-state index is -0.936. The predicted molar refractivity (Wildman–Crippen MR) is 86.3 cm³/mol. The summed E-state index contributed by atoms with van der Waals surface area (Å²) < 4.78 is 15.6. The van der Waals surface area contributed by atoms with E-state index in [0.29, 0.717) is 13.0 Å². The lowest BCUT2D eigenvalue weighted by Gasteiger charge is -2.30. The zero-order valence-electron chi connectivity index (χ0n) is 14.0. The van der Waals surface area contributed by atoms with Crippen LogP contribution in [0.3, 0.4) is 0 Å². The van der Waals surface area contributed by atoms with Gasteiger partial charge in [-0.25, -0.2) is 0 Å². The fraction of sp³-hybridized carbons (Fsp3) is 0.588. The van der Waals surface area contributed by atoms with E-state index < -0.39 is 30.5 Å². The van der Waals surface area contributed by atoms with Crippen LogP contribution in [0, 0.1) is 0 Å². The topological polar surface area (TPSA) is 88.5 Å². The maximum absolute atomic E-state index is 12.3. The zero-order valence-corrected chi connectivity index (χ0v) is 14.0. The average molecular weight is 339 g/mol. The first-order chi connectivity index (χ1) is 11.6. The molecule has 1 saturated heterocycles. The highest BCUT2D eigenvalue weighted by Crippen LogP contribution is 2.19. The number of β-amino-alcohol motifs (C(OH)–C–C–N with tert-alkyl or cyclic N) is 1. The van der Waals surface area contributed by atoms with Crippen LogP contribution in [0.4, 0.5) is 0 Å². The van der Waals surface area contributed by atoms with Crippen LogP contribution in [0.15, 0.2) is 30.3 Å². The highest BCUT2D eigenvalue weighted by molar-refractivity contribution is 5.76. The van der Waals surface area contributed by atoms with Gasteiger partial charge < -0.3 is 24.4 Å². The van der Waals surface area contributed by atoms with Gasteiger partial charge in [0.25, 0.3) is 0 Å². The lowest BCUT2D eigenvalue weighted by atomic mass is 10.0. The van der Waals surface area contributed by atoms with Crippen LogP contribution in [0.1, 0.15) is 5.56 Å². The fourth-order valence-corrected chi connectivity index (χ4v) is 2.89. The van der Waals surface area contributed by atoms with Crippen LogP contribution in [0.2, 0.25) is 0 Å². The Morgan fingerprint density at radius 1 is 1.33 bits per heavy atom. The minimum absolute atomic E-state index is 0.182. The number of hydrogen-bond acceptors (Lipinski definition) is 7. The van der Waals surface area contributed by atoms with E-state index in [-0.39, 0.29) is 13.2 Å². The maximum Gasteiger partial charge on any atom is 0.323 e. The van der Waals surface area contributed by atoms with Gasteiger partial charge in [0.05, 0.1) is 19.8 Å². The Labute approximate surface area is 141 Å². The van der Waals surface area contributed by atoms with Gasteiger partial charge in [0, 0.05) is 20.2 Å². The van der Waals surface area contributed by atoms with E-state index in [9.17, 15) is 15.0 Å². The largest absolute Gasteiger partial charge is 0.468 e. The first-order valence-electron chi connectivity index (χ1n) is 7.92. The van der Waals surface area contributed by atoms with Crippen molar-refractivity contribution in [1.82, 2.24) is 4.90 Å². The van der Waals surface area contributed by atoms with Crippen LogP contribution in [-0.2, 0) is 25.4 Å². The van der Waals surface area contributed by atoms with Crippen LogP contribution >= 0.6 is 0 Å². The van der Waals surface area contributed by atoms with Crippen molar-refractivity contribution in [3.8, 4) is 0 Å². The monoisotopic (exact) mass is 339 g/mol. The van der Waals surface area contributed by atoms with E-state index in [1.54, 1.807) is 4.90 Å². The molecule has 0 radical (unpaired) electrons. The van der Waals surface area contributed by atoms with Crippen molar-refractivity contribution in [1.29, 1.82) is 0 Å². The molecule has 24 heavy (non-hydrogen) atoms. The quantitative estimate of drug-likeness (QED) is 0.694. The normalized spacial score (nSPS) is 26.6. The summed E-state index contributed by atoms with van der Waals surface area (Å²) in [7, 11) is 2.77. The summed E-state index contributed by atoms with van der Waals surface area (Å²) in [4.78, 5) is 14.1. The number of benzene rings is 1. The molecule has 0 unspecified atom stereocenters. The van der Waals surface area contributed by atoms with E-state index in [1.165, 1.54) is 14.2 Å². The second kappa shape index (κ2) is 9.10. The van der Waals surface area contributed by atoms with Crippen molar-refractivity contribution in [2.45, 2.75) is 31.0 Å². The van der Waals surface area contributed by atoms with Gasteiger partial charge in [-0.3, -0.25) is 9.69 Å². The lowest BCUT2D eigenvalue weighted by molar-refractivity contribution is -0.196. The number of carbonyl (C=O) groups is 1. The third-order valence-electron chi connectivity index (χ3n) is 4.12. The first kappa shape index (κ1) is 18.8. The maximum atomic E-state index is 12.3. The predicted octanol–water partition coefficient (Wildman–Crippen LogP) is -0.203. The van der Waals surface area contributed by atoms with E-state index in [0.717, 1.165) is 5.56 Å². The molecule has 7 nitrogen and oxygen atoms in total. The van der Waals surface area contributed by atoms with Gasteiger partial charge in [0.15, 0.2) is 6.29 Å². The van der Waals surface area contributed by atoms with Gasteiger partial charge in [-0.2, -0.15) is 0 Å². The smallest absolute Gasteiger partial charge is 0.323 e. The van der Waals surface area contributed by atoms with Gasteiger partial charge in [-0.05, 0) is 12.0 Å². The number of ether oxygens (including phenoxy) is 3. The lowest BCUT2D eigenvalue weighted by Crippen LogP contribution is -2.49. The minimum Gasteiger partial charge on any atom is -0.468 e. The molecular formula is C17H25NO6. The second-order valence-electron chi connectivity index (χ2n) is 5.79. The summed E-state index contributed by atoms with van der Waals surface area (Å²) in [5, 5.41) is 19.8. The Morgan fingerprint density at radius 2 is 2.04 bits per heavy atom. The molecule has 1 aliphatic rings. The van der Waals surface area contributed by atoms with Crippen molar-refractivity contribution in [3.05, 3.63) is 35.9 Å². The number of nitrogens with zero attached hydrogens (tertiary/aromatic N) is 1. The highest BCUT2D eigenvalue weighted by atomic mass is 16.7. The van der Waals surface area contributed by atoms with Crippen LogP contribution in [-0.4, -0.2) is 79.5 Å². The molecular weight excluding hydrogens is 314 g/mol. The molecule has 1 aliphatic heterocycles. The Bertz CT molecular complexity index is 509. The molecule has 1 aromatic carbocycles. The van der Waals surface area contributed by atoms with E-state index >= 15 is 0 Å². The number of aliphatic hydroxyl groups excluding tert-OH is 2. The van der Waals surface area contributed by atoms with Crippen LogP contribution < -0.4 is 0 Å². The van der Waals surface area contributed by atoms with Gasteiger partial charge in [-0.1, -0.05) is 30.3 Å². The summed E-state index contributed by atoms with van der Waals surface area (Å²) in [6.07, 6.45) is -1.90. The van der Waals surface area contributed by atoms with Crippen LogP contribution in [0.5, 0.6) is 0 Å². The van der Waals surface area contributed by atoms with Gasteiger partial charge in [-0.15, -0.1) is 0 Å². The Morgan fingerprint density at radius 3 is 2.62 bits per heavy atom. The molecule has 2 rings (SSSR count). The number of hydrogen-bond donors (Lipinski definition) is 2. The van der Waals surface area contributed by atoms with E-state index in [4.69, 9.17) is 14.2 Å². The number of rotatable bonds is 6. The number of esters is 1. The van der Waals surface area contributed by atoms with Crippen molar-refractivity contribution in [2.75, 3.05) is 33.9 Å². The molecule has 134 valence electrons. The van der Waals surface area contributed by atoms with Crippen molar-refractivity contribution in [2.24, 2.45) is 0 Å². The molecule has 1 heterocycles. The molecule has 0 bridgehead atoms. The molecule has 7 heteroatoms. The third kappa shape index (κ3) is 4.75. The molecule has 1 aromatic rings. The van der Waals surface area contributed by atoms with Crippen LogP contribution in [0.25, 0.3) is 0 Å². The molecule has 0 amide bonds. The molecule has 2 N–H and O–H groups in total. The summed E-state index contributed by atoms with van der Waals surface area (Å²) in [5.41, 5.74) is 0.983. The Hall–Kier alpha value is -1.51. The molecule has 0 aliphatic carbocycles. The molecule has 0 saturated carbocycles. The van der Waals surface area contributed by atoms with Gasteiger partial charge in [0.1, 0.15) is 12.1 Å². The summed E-state index contributed by atoms with van der Waals surface area (Å²) in [6, 6.07) is 9.00. The number of carbonyl (C=O) groups excluding carboxylic acids is 1. The highest BCUT2D eigenvalue weighted by Gasteiger charge is 2.37. The standard InChI is InChI=1S/C17H25NO6/c1-22-16(21)14(8-12-6-4-3-5-7-12)18-9-13(11-19)24-17(23-2)15(20)10-18/h3-7,13-15,17,19-20H,8-11H2,1-2H3/t13-,14-,15+,17-/m0/s1. The molecule has 1 fully saturated rings. The summed E-state index contributed by atoms with van der Waals surface area (Å²) in [5.74, 6) is -0.390. The van der Waals surface area contributed by atoms with Gasteiger partial charge in [0.2, 0.25) is 0 Å². The van der Waals surface area contributed by atoms with E-state index in [1.807, 2.05) is 30.3 Å². The molecule has 4 atom stereocenters. The molecule has 0 spiro atoms. The Kier molecular flexibility index (Phi) is 7.14. The molecule has 0 aromatic heterocycles. The number of methoxy groups -OCH3 is 2. The SMILES string of the molecule is COC(=O)[C@H](Cc1ccccc1)N1C[C@@H](CO)O[C@H](OC)[C@H](O)C1. The zero-order chi connectivity index (χ0) is 17.5. The fourth-order valence-electron chi connectivity index (χ4n) is 2.89. The first-order valence-corrected chi connectivity index (χ1v) is 7.92. The third-order valence-corrected chi connectivity index (χ3v) is 4.12. The second-order valence-corrected chi connectivity index (χ2v) is 5.79. The summed E-state index contributed by atoms with van der Waals surface area (Å²) in [6.45, 7) is 0.240.